The van der Waals surface area contributed by atoms with Crippen LogP contribution in [-0.2, 0) is 16.1 Å². The fourth-order valence-corrected chi connectivity index (χ4v) is 5.41. The lowest BCUT2D eigenvalue weighted by atomic mass is 9.80. The van der Waals surface area contributed by atoms with E-state index in [0.29, 0.717) is 13.1 Å². The molecule has 1 atom stereocenters. The second kappa shape index (κ2) is 12.8. The lowest BCUT2D eigenvalue weighted by Crippen LogP contribution is -2.51. The summed E-state index contributed by atoms with van der Waals surface area (Å²) in [7, 11) is 0. The lowest BCUT2D eigenvalue weighted by Gasteiger charge is -2.40. The summed E-state index contributed by atoms with van der Waals surface area (Å²) in [5, 5.41) is 5.72. The van der Waals surface area contributed by atoms with Crippen LogP contribution in [0.2, 0.25) is 0 Å². The Morgan fingerprint density at radius 1 is 0.949 bits per heavy atom. The van der Waals surface area contributed by atoms with E-state index in [1.165, 1.54) is 18.2 Å². The number of halogens is 3. The zero-order chi connectivity index (χ0) is 28.1. The number of Topliss-reactive ketones (excluding diaryl/α,β-unsaturated/α-hetero) is 1. The first-order chi connectivity index (χ1) is 18.6. The summed E-state index contributed by atoms with van der Waals surface area (Å²) < 4.78 is 41.5. The van der Waals surface area contributed by atoms with E-state index >= 15 is 0 Å². The molecular weight excluding hydrogens is 507 g/mol. The molecule has 2 amide bonds. The van der Waals surface area contributed by atoms with Gasteiger partial charge in [-0.3, -0.25) is 14.4 Å². The van der Waals surface area contributed by atoms with Gasteiger partial charge in [-0.25, -0.2) is 13.2 Å². The van der Waals surface area contributed by atoms with Crippen molar-refractivity contribution in [3.63, 3.8) is 0 Å². The molecule has 2 aromatic carbocycles. The Labute approximate surface area is 227 Å². The second-order valence-electron chi connectivity index (χ2n) is 11.0. The van der Waals surface area contributed by atoms with E-state index in [9.17, 15) is 27.6 Å². The van der Waals surface area contributed by atoms with Gasteiger partial charge in [0.1, 0.15) is 17.5 Å². The summed E-state index contributed by atoms with van der Waals surface area (Å²) in [6.07, 6.45) is 4.88. The number of hydrogen-bond donors (Lipinski definition) is 2. The number of rotatable bonds is 10. The van der Waals surface area contributed by atoms with Gasteiger partial charge >= 0.3 is 0 Å². The maximum absolute atomic E-state index is 14.7. The molecule has 1 saturated carbocycles. The largest absolute Gasteiger partial charge is 0.342 e. The van der Waals surface area contributed by atoms with Crippen LogP contribution in [-0.4, -0.2) is 48.2 Å². The number of amides is 2. The monoisotopic (exact) mass is 543 g/mol. The van der Waals surface area contributed by atoms with Crippen LogP contribution >= 0.6 is 0 Å². The van der Waals surface area contributed by atoms with Gasteiger partial charge in [0.05, 0.1) is 18.2 Å². The molecule has 210 valence electrons. The Morgan fingerprint density at radius 2 is 1.67 bits per heavy atom. The molecule has 0 spiro atoms. The smallest absolute Gasteiger partial charge is 0.254 e. The zero-order valence-corrected chi connectivity index (χ0v) is 22.4. The number of carbonyl (C=O) groups is 3. The number of carbonyl (C=O) groups excluding carboxylic acids is 3. The first-order valence-corrected chi connectivity index (χ1v) is 13.7. The van der Waals surface area contributed by atoms with E-state index in [1.807, 2.05) is 13.8 Å². The van der Waals surface area contributed by atoms with Crippen molar-refractivity contribution < 1.29 is 27.6 Å². The molecule has 4 rings (SSSR count). The molecule has 1 aliphatic carbocycles. The average Bonchev–Trinajstić information content (AvgIpc) is 2.88. The SMILES string of the molecule is CC(C)C(=O)[C@H](NC(=O)c1cc(C2CN(C(=O)CNCc3ccc(F)cc3F)C2)ccc1F)C1CCCCC1. The molecule has 0 aromatic heterocycles. The summed E-state index contributed by atoms with van der Waals surface area (Å²) in [6.45, 7) is 4.53. The highest BCUT2D eigenvalue weighted by Crippen LogP contribution is 2.30. The molecule has 9 heteroatoms. The highest BCUT2D eigenvalue weighted by atomic mass is 19.1. The van der Waals surface area contributed by atoms with E-state index in [1.54, 1.807) is 11.0 Å². The minimum atomic E-state index is -0.672. The van der Waals surface area contributed by atoms with Crippen molar-refractivity contribution in [1.29, 1.82) is 0 Å². The van der Waals surface area contributed by atoms with Gasteiger partial charge in [-0.05, 0) is 42.5 Å². The van der Waals surface area contributed by atoms with Gasteiger partial charge < -0.3 is 15.5 Å². The maximum Gasteiger partial charge on any atom is 0.254 e. The number of nitrogens with zero attached hydrogens (tertiary/aromatic N) is 1. The van der Waals surface area contributed by atoms with Crippen molar-refractivity contribution >= 4 is 17.6 Å². The molecule has 2 aromatic rings. The van der Waals surface area contributed by atoms with Crippen molar-refractivity contribution in [3.05, 3.63) is 70.5 Å². The summed E-state index contributed by atoms with van der Waals surface area (Å²) in [6, 6.07) is 7.06. The molecule has 0 unspecified atom stereocenters. The quantitative estimate of drug-likeness (QED) is 0.455. The van der Waals surface area contributed by atoms with Crippen molar-refractivity contribution in [2.24, 2.45) is 11.8 Å². The van der Waals surface area contributed by atoms with Gasteiger partial charge in [0, 0.05) is 43.1 Å². The van der Waals surface area contributed by atoms with Crippen LogP contribution in [0.15, 0.2) is 36.4 Å². The minimum Gasteiger partial charge on any atom is -0.342 e. The summed E-state index contributed by atoms with van der Waals surface area (Å²) in [5.74, 6) is -3.01. The van der Waals surface area contributed by atoms with Gasteiger partial charge in [0.15, 0.2) is 5.78 Å². The fraction of sp³-hybridized carbons (Fsp3) is 0.500. The number of benzene rings is 2. The molecule has 1 aliphatic heterocycles. The Balaban J connectivity index is 1.33. The van der Waals surface area contributed by atoms with Crippen molar-refractivity contribution in [2.45, 2.75) is 64.5 Å². The molecular formula is C30H36F3N3O3. The van der Waals surface area contributed by atoms with E-state index in [0.717, 1.165) is 49.8 Å². The van der Waals surface area contributed by atoms with Crippen LogP contribution in [0.4, 0.5) is 13.2 Å². The third-order valence-corrected chi connectivity index (χ3v) is 7.83. The minimum absolute atomic E-state index is 0.00690. The first kappa shape index (κ1) is 28.8. The Morgan fingerprint density at radius 3 is 2.33 bits per heavy atom. The second-order valence-corrected chi connectivity index (χ2v) is 11.0. The van der Waals surface area contributed by atoms with Gasteiger partial charge in [0.2, 0.25) is 5.91 Å². The molecule has 0 radical (unpaired) electrons. The molecule has 2 fully saturated rings. The van der Waals surface area contributed by atoms with Crippen molar-refractivity contribution in [2.75, 3.05) is 19.6 Å². The predicted molar refractivity (Wildman–Crippen MR) is 141 cm³/mol. The number of likely N-dealkylation sites (tertiary alicyclic amines) is 1. The third kappa shape index (κ3) is 7.06. The molecule has 0 bridgehead atoms. The zero-order valence-electron chi connectivity index (χ0n) is 22.4. The summed E-state index contributed by atoms with van der Waals surface area (Å²) >= 11 is 0. The van der Waals surface area contributed by atoms with Crippen LogP contribution in [0.25, 0.3) is 0 Å². The third-order valence-electron chi connectivity index (χ3n) is 7.83. The standard InChI is InChI=1S/C30H36F3N3O3/c1-18(2)29(38)28(19-6-4-3-5-7-19)35-30(39)24-12-20(9-11-25(24)32)22-16-36(17-22)27(37)15-34-14-21-8-10-23(31)13-26(21)33/h8-13,18-19,22,28,34H,3-7,14-17H2,1-2H3,(H,35,39)/t28-/m1/s1. The highest BCUT2D eigenvalue weighted by Gasteiger charge is 2.34. The van der Waals surface area contributed by atoms with Crippen LogP contribution in [0.3, 0.4) is 0 Å². The van der Waals surface area contributed by atoms with Gasteiger partial charge in [-0.15, -0.1) is 0 Å². The summed E-state index contributed by atoms with van der Waals surface area (Å²) in [5.41, 5.74) is 0.914. The molecule has 39 heavy (non-hydrogen) atoms. The molecule has 6 nitrogen and oxygen atoms in total. The van der Waals surface area contributed by atoms with Crippen LogP contribution in [0.5, 0.6) is 0 Å². The molecule has 1 heterocycles. The molecule has 1 saturated heterocycles. The normalized spacial score (nSPS) is 17.1. The molecule has 2 aliphatic rings. The number of ketones is 1. The Bertz CT molecular complexity index is 1210. The lowest BCUT2D eigenvalue weighted by molar-refractivity contribution is -0.134. The van der Waals surface area contributed by atoms with E-state index < -0.39 is 29.4 Å². The summed E-state index contributed by atoms with van der Waals surface area (Å²) in [4.78, 5) is 40.2. The van der Waals surface area contributed by atoms with E-state index in [4.69, 9.17) is 0 Å². The van der Waals surface area contributed by atoms with Gasteiger partial charge in [0.25, 0.3) is 5.91 Å². The maximum atomic E-state index is 14.7. The van der Waals surface area contributed by atoms with Gasteiger partial charge in [-0.1, -0.05) is 45.2 Å². The van der Waals surface area contributed by atoms with Gasteiger partial charge in [-0.2, -0.15) is 0 Å². The fourth-order valence-electron chi connectivity index (χ4n) is 5.41. The number of hydrogen-bond acceptors (Lipinski definition) is 4. The van der Waals surface area contributed by atoms with Crippen LogP contribution in [0.1, 0.15) is 73.4 Å². The van der Waals surface area contributed by atoms with Crippen LogP contribution in [0, 0.1) is 29.3 Å². The molecule has 2 N–H and O–H groups in total. The van der Waals surface area contributed by atoms with Crippen molar-refractivity contribution in [3.8, 4) is 0 Å². The van der Waals surface area contributed by atoms with Crippen molar-refractivity contribution in [1.82, 2.24) is 15.5 Å². The topological polar surface area (TPSA) is 78.5 Å². The highest BCUT2D eigenvalue weighted by molar-refractivity contribution is 5.98. The van der Waals surface area contributed by atoms with E-state index in [2.05, 4.69) is 10.6 Å². The first-order valence-electron chi connectivity index (χ1n) is 13.7. The predicted octanol–water partition coefficient (Wildman–Crippen LogP) is 4.72. The van der Waals surface area contributed by atoms with Crippen LogP contribution < -0.4 is 10.6 Å². The Kier molecular flexibility index (Phi) is 9.43. The van der Waals surface area contributed by atoms with E-state index in [-0.39, 0.29) is 53.7 Å². The number of nitrogens with one attached hydrogen (secondary N) is 2. The average molecular weight is 544 g/mol. The Hall–Kier alpha value is -3.20.